The predicted molar refractivity (Wildman–Crippen MR) is 78.1 cm³/mol. The molecule has 1 amide bonds. The van der Waals surface area contributed by atoms with Gasteiger partial charge < -0.3 is 19.9 Å². The number of nitrogens with zero attached hydrogens (tertiary/aromatic N) is 3. The Morgan fingerprint density at radius 3 is 2.85 bits per heavy atom. The van der Waals surface area contributed by atoms with Crippen LogP contribution in [0, 0.1) is 0 Å². The zero-order valence-electron chi connectivity index (χ0n) is 11.6. The molecular weight excluding hydrogens is 276 g/mol. The number of methoxy groups -OCH3 is 1. The molecule has 2 aliphatic rings. The Balaban J connectivity index is 1.52. The summed E-state index contributed by atoms with van der Waals surface area (Å²) < 4.78 is 5.30. The maximum absolute atomic E-state index is 12.4. The molecular formula is C13H20N4O2S. The van der Waals surface area contributed by atoms with Gasteiger partial charge in [-0.25, -0.2) is 4.98 Å². The monoisotopic (exact) mass is 296 g/mol. The van der Waals surface area contributed by atoms with Crippen LogP contribution in [0.5, 0.6) is 0 Å². The van der Waals surface area contributed by atoms with Crippen molar-refractivity contribution in [1.82, 2.24) is 15.2 Å². The van der Waals surface area contributed by atoms with Gasteiger partial charge in [-0.3, -0.25) is 4.79 Å². The molecule has 0 radical (unpaired) electrons. The molecule has 110 valence electrons. The second kappa shape index (κ2) is 6.07. The lowest BCUT2D eigenvalue weighted by Gasteiger charge is -2.35. The Morgan fingerprint density at radius 1 is 1.45 bits per heavy atom. The van der Waals surface area contributed by atoms with E-state index in [0.29, 0.717) is 0 Å². The van der Waals surface area contributed by atoms with Crippen LogP contribution in [0.25, 0.3) is 0 Å². The molecule has 0 aromatic carbocycles. The molecule has 1 N–H and O–H groups in total. The molecule has 20 heavy (non-hydrogen) atoms. The van der Waals surface area contributed by atoms with Crippen LogP contribution < -0.4 is 10.2 Å². The van der Waals surface area contributed by atoms with Gasteiger partial charge in [0.25, 0.3) is 0 Å². The molecule has 3 rings (SSSR count). The summed E-state index contributed by atoms with van der Waals surface area (Å²) in [4.78, 5) is 21.0. The zero-order valence-corrected chi connectivity index (χ0v) is 12.4. The van der Waals surface area contributed by atoms with Crippen molar-refractivity contribution in [3.8, 4) is 0 Å². The van der Waals surface area contributed by atoms with Crippen LogP contribution >= 0.6 is 11.3 Å². The third kappa shape index (κ3) is 2.79. The van der Waals surface area contributed by atoms with Crippen molar-refractivity contribution >= 4 is 22.4 Å². The molecule has 0 aliphatic carbocycles. The molecule has 2 saturated heterocycles. The summed E-state index contributed by atoms with van der Waals surface area (Å²) in [5, 5.41) is 6.29. The lowest BCUT2D eigenvalue weighted by Crippen LogP contribution is -2.53. The molecule has 2 atom stereocenters. The van der Waals surface area contributed by atoms with Gasteiger partial charge in [0.15, 0.2) is 5.13 Å². The average molecular weight is 296 g/mol. The van der Waals surface area contributed by atoms with E-state index in [9.17, 15) is 4.79 Å². The summed E-state index contributed by atoms with van der Waals surface area (Å²) in [5.74, 6) is 0.211. The highest BCUT2D eigenvalue weighted by Gasteiger charge is 2.33. The van der Waals surface area contributed by atoms with Crippen LogP contribution in [0.1, 0.15) is 6.42 Å². The molecule has 0 spiro atoms. The Bertz CT molecular complexity index is 445. The molecule has 1 aromatic heterocycles. The fraction of sp³-hybridized carbons (Fsp3) is 0.692. The van der Waals surface area contributed by atoms with Gasteiger partial charge in [0.2, 0.25) is 5.91 Å². The van der Waals surface area contributed by atoms with Crippen LogP contribution in [0.2, 0.25) is 0 Å². The molecule has 2 fully saturated rings. The minimum atomic E-state index is -0.0774. The number of anilines is 1. The summed E-state index contributed by atoms with van der Waals surface area (Å²) in [5.41, 5.74) is 0. The molecule has 3 heterocycles. The second-order valence-corrected chi connectivity index (χ2v) is 6.05. The Morgan fingerprint density at radius 2 is 2.25 bits per heavy atom. The first-order valence-corrected chi connectivity index (χ1v) is 7.85. The van der Waals surface area contributed by atoms with Crippen LogP contribution in [0.3, 0.4) is 0 Å². The number of nitrogens with one attached hydrogen (secondary N) is 1. The van der Waals surface area contributed by atoms with E-state index in [2.05, 4.69) is 15.2 Å². The van der Waals surface area contributed by atoms with E-state index < -0.39 is 0 Å². The van der Waals surface area contributed by atoms with Gasteiger partial charge in [-0.1, -0.05) is 0 Å². The van der Waals surface area contributed by atoms with Crippen molar-refractivity contribution in [1.29, 1.82) is 0 Å². The number of aromatic nitrogens is 1. The molecule has 6 nitrogen and oxygen atoms in total. The van der Waals surface area contributed by atoms with Gasteiger partial charge in [0.1, 0.15) is 0 Å². The number of hydrogen-bond donors (Lipinski definition) is 1. The number of amides is 1. The smallest absolute Gasteiger partial charge is 0.239 e. The number of carbonyl (C=O) groups is 1. The van der Waals surface area contributed by atoms with Gasteiger partial charge in [0.05, 0.1) is 12.1 Å². The predicted octanol–water partition coefficient (Wildman–Crippen LogP) is 0.169. The van der Waals surface area contributed by atoms with Gasteiger partial charge in [-0.2, -0.15) is 0 Å². The number of hydrogen-bond acceptors (Lipinski definition) is 6. The Labute approximate surface area is 122 Å². The minimum absolute atomic E-state index is 0.0774. The summed E-state index contributed by atoms with van der Waals surface area (Å²) in [6.07, 6.45) is 2.77. The van der Waals surface area contributed by atoms with Crippen LogP contribution in [-0.4, -0.2) is 67.8 Å². The van der Waals surface area contributed by atoms with Crippen molar-refractivity contribution in [2.75, 3.05) is 44.7 Å². The first-order chi connectivity index (χ1) is 9.78. The van der Waals surface area contributed by atoms with Crippen molar-refractivity contribution in [3.05, 3.63) is 11.6 Å². The third-order valence-corrected chi connectivity index (χ3v) is 4.84. The van der Waals surface area contributed by atoms with Crippen molar-refractivity contribution in [2.45, 2.75) is 18.6 Å². The molecule has 7 heteroatoms. The quantitative estimate of drug-likeness (QED) is 0.861. The fourth-order valence-electron chi connectivity index (χ4n) is 2.78. The minimum Gasteiger partial charge on any atom is -0.380 e. The molecule has 0 bridgehead atoms. The van der Waals surface area contributed by atoms with Gasteiger partial charge in [-0.05, 0) is 6.42 Å². The number of carbonyl (C=O) groups excluding carboxylic acids is 1. The summed E-state index contributed by atoms with van der Waals surface area (Å²) in [6, 6.07) is -0.0774. The van der Waals surface area contributed by atoms with E-state index in [1.807, 2.05) is 16.5 Å². The molecule has 0 saturated carbocycles. The highest BCUT2D eigenvalue weighted by atomic mass is 32.1. The standard InChI is InChI=1S/C13H20N4O2S/c1-19-10-8-11(15-9-10)12(18)16-3-5-17(6-4-16)13-14-2-7-20-13/h2,7,10-11,15H,3-6,8-9H2,1H3. The zero-order chi connectivity index (χ0) is 13.9. The Hall–Kier alpha value is -1.18. The maximum Gasteiger partial charge on any atom is 0.239 e. The highest BCUT2D eigenvalue weighted by Crippen LogP contribution is 2.20. The summed E-state index contributed by atoms with van der Waals surface area (Å²) in [6.45, 7) is 4.04. The van der Waals surface area contributed by atoms with Gasteiger partial charge in [-0.15, -0.1) is 11.3 Å². The Kier molecular flexibility index (Phi) is 4.18. The molecule has 2 unspecified atom stereocenters. The van der Waals surface area contributed by atoms with Crippen molar-refractivity contribution < 1.29 is 9.53 Å². The maximum atomic E-state index is 12.4. The topological polar surface area (TPSA) is 57.7 Å². The van der Waals surface area contributed by atoms with Gasteiger partial charge in [0, 0.05) is 51.4 Å². The van der Waals surface area contributed by atoms with E-state index in [-0.39, 0.29) is 18.1 Å². The average Bonchev–Trinajstić information content (AvgIpc) is 3.18. The van der Waals surface area contributed by atoms with Crippen LogP contribution in [0.4, 0.5) is 5.13 Å². The van der Waals surface area contributed by atoms with E-state index in [1.54, 1.807) is 18.4 Å². The normalized spacial score (nSPS) is 27.1. The SMILES string of the molecule is COC1CNC(C(=O)N2CCN(c3nccs3)CC2)C1. The number of rotatable bonds is 3. The molecule has 2 aliphatic heterocycles. The largest absolute Gasteiger partial charge is 0.380 e. The number of piperazine rings is 1. The number of thiazole rings is 1. The fourth-order valence-corrected chi connectivity index (χ4v) is 3.48. The summed E-state index contributed by atoms with van der Waals surface area (Å²) >= 11 is 1.65. The van der Waals surface area contributed by atoms with E-state index in [1.165, 1.54) is 0 Å². The lowest BCUT2D eigenvalue weighted by molar-refractivity contribution is -0.133. The van der Waals surface area contributed by atoms with Crippen LogP contribution in [-0.2, 0) is 9.53 Å². The van der Waals surface area contributed by atoms with Crippen LogP contribution in [0.15, 0.2) is 11.6 Å². The first kappa shape index (κ1) is 13.8. The number of ether oxygens (including phenoxy) is 1. The van der Waals surface area contributed by atoms with E-state index >= 15 is 0 Å². The van der Waals surface area contributed by atoms with Crippen molar-refractivity contribution in [3.63, 3.8) is 0 Å². The molecule has 1 aromatic rings. The van der Waals surface area contributed by atoms with E-state index in [4.69, 9.17) is 4.74 Å². The first-order valence-electron chi connectivity index (χ1n) is 6.97. The second-order valence-electron chi connectivity index (χ2n) is 5.18. The van der Waals surface area contributed by atoms with Crippen molar-refractivity contribution in [2.24, 2.45) is 0 Å². The van der Waals surface area contributed by atoms with E-state index in [0.717, 1.165) is 44.3 Å². The lowest BCUT2D eigenvalue weighted by atomic mass is 10.1. The van der Waals surface area contributed by atoms with Gasteiger partial charge >= 0.3 is 0 Å². The third-order valence-electron chi connectivity index (χ3n) is 4.00. The summed E-state index contributed by atoms with van der Waals surface area (Å²) in [7, 11) is 1.70. The highest BCUT2D eigenvalue weighted by molar-refractivity contribution is 7.13.